The van der Waals surface area contributed by atoms with Gasteiger partial charge in [0.25, 0.3) is 0 Å². The molecule has 1 atom stereocenters. The van der Waals surface area contributed by atoms with Gasteiger partial charge in [0.2, 0.25) is 0 Å². The molecule has 0 amide bonds. The Morgan fingerprint density at radius 3 is 2.47 bits per heavy atom. The molecular formula is C13H13ClO. The lowest BCUT2D eigenvalue weighted by atomic mass is 10.1. The van der Waals surface area contributed by atoms with Crippen LogP contribution in [0, 0.1) is 6.92 Å². The minimum atomic E-state index is -0.0823. The summed E-state index contributed by atoms with van der Waals surface area (Å²) in [5.74, 6) is 1.75. The third kappa shape index (κ3) is 2.63. The van der Waals surface area contributed by atoms with Crippen LogP contribution in [0.15, 0.2) is 46.9 Å². The first-order chi connectivity index (χ1) is 7.25. The van der Waals surface area contributed by atoms with E-state index in [-0.39, 0.29) is 5.38 Å². The topological polar surface area (TPSA) is 13.1 Å². The first-order valence-electron chi connectivity index (χ1n) is 5.00. The normalized spacial score (nSPS) is 12.7. The molecule has 0 N–H and O–H groups in total. The van der Waals surface area contributed by atoms with E-state index in [9.17, 15) is 0 Å². The van der Waals surface area contributed by atoms with E-state index in [1.54, 1.807) is 0 Å². The van der Waals surface area contributed by atoms with E-state index in [4.69, 9.17) is 16.0 Å². The van der Waals surface area contributed by atoms with Gasteiger partial charge in [-0.15, -0.1) is 11.6 Å². The zero-order valence-electron chi connectivity index (χ0n) is 8.61. The number of furan rings is 1. The number of aryl methyl sites for hydroxylation is 1. The van der Waals surface area contributed by atoms with E-state index in [1.165, 1.54) is 5.56 Å². The first kappa shape index (κ1) is 10.3. The monoisotopic (exact) mass is 220 g/mol. The Morgan fingerprint density at radius 2 is 1.87 bits per heavy atom. The molecule has 0 bridgehead atoms. The molecule has 15 heavy (non-hydrogen) atoms. The minimum absolute atomic E-state index is 0.0823. The van der Waals surface area contributed by atoms with Gasteiger partial charge >= 0.3 is 0 Å². The second kappa shape index (κ2) is 4.54. The zero-order chi connectivity index (χ0) is 10.7. The van der Waals surface area contributed by atoms with Crippen molar-refractivity contribution < 1.29 is 4.42 Å². The van der Waals surface area contributed by atoms with Crippen LogP contribution in [0.25, 0.3) is 0 Å². The SMILES string of the molecule is Cc1ccc(C(Cl)Cc2ccccc2)o1. The lowest BCUT2D eigenvalue weighted by Crippen LogP contribution is -1.93. The second-order valence-electron chi connectivity index (χ2n) is 3.61. The zero-order valence-corrected chi connectivity index (χ0v) is 9.37. The largest absolute Gasteiger partial charge is 0.465 e. The molecule has 1 aromatic carbocycles. The predicted molar refractivity (Wildman–Crippen MR) is 62.2 cm³/mol. The van der Waals surface area contributed by atoms with Gasteiger partial charge in [0.05, 0.1) is 5.38 Å². The van der Waals surface area contributed by atoms with Gasteiger partial charge in [0.15, 0.2) is 0 Å². The quantitative estimate of drug-likeness (QED) is 0.710. The number of alkyl halides is 1. The van der Waals surface area contributed by atoms with Crippen molar-refractivity contribution in [3.8, 4) is 0 Å². The van der Waals surface area contributed by atoms with Crippen LogP contribution in [0.2, 0.25) is 0 Å². The molecule has 2 heteroatoms. The van der Waals surface area contributed by atoms with Gasteiger partial charge in [-0.25, -0.2) is 0 Å². The third-order valence-corrected chi connectivity index (χ3v) is 2.70. The van der Waals surface area contributed by atoms with E-state index in [0.717, 1.165) is 17.9 Å². The number of benzene rings is 1. The molecule has 1 heterocycles. The average Bonchev–Trinajstić information content (AvgIpc) is 2.66. The smallest absolute Gasteiger partial charge is 0.122 e. The molecular weight excluding hydrogens is 208 g/mol. The molecule has 0 saturated heterocycles. The van der Waals surface area contributed by atoms with Crippen LogP contribution in [-0.4, -0.2) is 0 Å². The van der Waals surface area contributed by atoms with E-state index >= 15 is 0 Å². The number of rotatable bonds is 3. The van der Waals surface area contributed by atoms with Crippen molar-refractivity contribution in [3.05, 3.63) is 59.5 Å². The van der Waals surface area contributed by atoms with Crippen LogP contribution in [0.1, 0.15) is 22.5 Å². The van der Waals surface area contributed by atoms with E-state index in [1.807, 2.05) is 37.3 Å². The van der Waals surface area contributed by atoms with Crippen LogP contribution < -0.4 is 0 Å². The van der Waals surface area contributed by atoms with Crippen LogP contribution in [0.4, 0.5) is 0 Å². The Labute approximate surface area is 94.7 Å². The predicted octanol–water partition coefficient (Wildman–Crippen LogP) is 4.11. The Hall–Kier alpha value is -1.21. The van der Waals surface area contributed by atoms with Crippen LogP contribution >= 0.6 is 11.6 Å². The van der Waals surface area contributed by atoms with Gasteiger partial charge in [-0.05, 0) is 31.0 Å². The summed E-state index contributed by atoms with van der Waals surface area (Å²) in [5, 5.41) is -0.0823. The van der Waals surface area contributed by atoms with Gasteiger partial charge in [0, 0.05) is 0 Å². The molecule has 0 aliphatic heterocycles. The maximum absolute atomic E-state index is 6.26. The van der Waals surface area contributed by atoms with Crippen LogP contribution in [0.5, 0.6) is 0 Å². The fourth-order valence-electron chi connectivity index (χ4n) is 1.54. The molecule has 1 aromatic heterocycles. The summed E-state index contributed by atoms with van der Waals surface area (Å²) in [6, 6.07) is 14.1. The summed E-state index contributed by atoms with van der Waals surface area (Å²) in [4.78, 5) is 0. The van der Waals surface area contributed by atoms with Crippen molar-refractivity contribution in [2.24, 2.45) is 0 Å². The number of hydrogen-bond donors (Lipinski definition) is 0. The number of hydrogen-bond acceptors (Lipinski definition) is 1. The lowest BCUT2D eigenvalue weighted by Gasteiger charge is -2.06. The summed E-state index contributed by atoms with van der Waals surface area (Å²) in [7, 11) is 0. The standard InChI is InChI=1S/C13H13ClO/c1-10-7-8-13(15-10)12(14)9-11-5-3-2-4-6-11/h2-8,12H,9H2,1H3. The van der Waals surface area contributed by atoms with Crippen molar-refractivity contribution in [1.82, 2.24) is 0 Å². The first-order valence-corrected chi connectivity index (χ1v) is 5.43. The fourth-order valence-corrected chi connectivity index (χ4v) is 1.84. The second-order valence-corrected chi connectivity index (χ2v) is 4.13. The van der Waals surface area contributed by atoms with Crippen molar-refractivity contribution >= 4 is 11.6 Å². The molecule has 0 aliphatic rings. The number of halogens is 1. The van der Waals surface area contributed by atoms with Gasteiger partial charge < -0.3 is 4.42 Å². The van der Waals surface area contributed by atoms with Crippen molar-refractivity contribution in [3.63, 3.8) is 0 Å². The van der Waals surface area contributed by atoms with Crippen LogP contribution in [-0.2, 0) is 6.42 Å². The summed E-state index contributed by atoms with van der Waals surface area (Å²) < 4.78 is 5.49. The molecule has 1 unspecified atom stereocenters. The highest BCUT2D eigenvalue weighted by Crippen LogP contribution is 2.26. The molecule has 2 rings (SSSR count). The maximum Gasteiger partial charge on any atom is 0.122 e. The maximum atomic E-state index is 6.26. The van der Waals surface area contributed by atoms with Gasteiger partial charge in [0.1, 0.15) is 11.5 Å². The van der Waals surface area contributed by atoms with Gasteiger partial charge in [-0.1, -0.05) is 30.3 Å². The highest BCUT2D eigenvalue weighted by molar-refractivity contribution is 6.20. The Balaban J connectivity index is 2.07. The molecule has 1 nitrogen and oxygen atoms in total. The molecule has 0 aliphatic carbocycles. The van der Waals surface area contributed by atoms with E-state index < -0.39 is 0 Å². The van der Waals surface area contributed by atoms with Gasteiger partial charge in [-0.3, -0.25) is 0 Å². The van der Waals surface area contributed by atoms with E-state index in [2.05, 4.69) is 12.1 Å². The fraction of sp³-hybridized carbons (Fsp3) is 0.231. The highest BCUT2D eigenvalue weighted by atomic mass is 35.5. The Morgan fingerprint density at radius 1 is 1.13 bits per heavy atom. The van der Waals surface area contributed by atoms with E-state index in [0.29, 0.717) is 0 Å². The molecule has 0 fully saturated rings. The summed E-state index contributed by atoms with van der Waals surface area (Å²) in [5.41, 5.74) is 1.23. The Kier molecular flexibility index (Phi) is 3.12. The molecule has 78 valence electrons. The van der Waals surface area contributed by atoms with Crippen molar-refractivity contribution in [1.29, 1.82) is 0 Å². The average molecular weight is 221 g/mol. The Bertz CT molecular complexity index is 419. The molecule has 0 spiro atoms. The van der Waals surface area contributed by atoms with Crippen molar-refractivity contribution in [2.45, 2.75) is 18.7 Å². The molecule has 2 aromatic rings. The summed E-state index contributed by atoms with van der Waals surface area (Å²) >= 11 is 6.26. The van der Waals surface area contributed by atoms with Crippen molar-refractivity contribution in [2.75, 3.05) is 0 Å². The lowest BCUT2D eigenvalue weighted by molar-refractivity contribution is 0.477. The summed E-state index contributed by atoms with van der Waals surface area (Å²) in [6.07, 6.45) is 0.801. The third-order valence-electron chi connectivity index (χ3n) is 2.33. The molecule has 0 radical (unpaired) electrons. The highest BCUT2D eigenvalue weighted by Gasteiger charge is 2.12. The molecule has 0 saturated carbocycles. The summed E-state index contributed by atoms with van der Waals surface area (Å²) in [6.45, 7) is 1.93. The minimum Gasteiger partial charge on any atom is -0.465 e. The van der Waals surface area contributed by atoms with Crippen LogP contribution in [0.3, 0.4) is 0 Å². The van der Waals surface area contributed by atoms with Gasteiger partial charge in [-0.2, -0.15) is 0 Å².